The lowest BCUT2D eigenvalue weighted by Crippen LogP contribution is -2.29. The summed E-state index contributed by atoms with van der Waals surface area (Å²) in [5.41, 5.74) is 0.820. The minimum Gasteiger partial charge on any atom is -0.327 e. The molecule has 1 atom stereocenters. The Bertz CT molecular complexity index is 389. The van der Waals surface area contributed by atoms with Crippen LogP contribution in [-0.4, -0.2) is 28.1 Å². The molecule has 4 heteroatoms. The molecule has 0 spiro atoms. The zero-order chi connectivity index (χ0) is 10.8. The third-order valence-electron chi connectivity index (χ3n) is 2.60. The van der Waals surface area contributed by atoms with Crippen LogP contribution in [0.4, 0.5) is 0 Å². The molecule has 15 heavy (non-hydrogen) atoms. The summed E-state index contributed by atoms with van der Waals surface area (Å²) in [6.45, 7) is 2.11. The second-order valence-electron chi connectivity index (χ2n) is 3.67. The van der Waals surface area contributed by atoms with Crippen molar-refractivity contribution in [3.63, 3.8) is 0 Å². The van der Waals surface area contributed by atoms with Crippen LogP contribution in [0.2, 0.25) is 0 Å². The first kappa shape index (κ1) is 9.83. The maximum Gasteiger partial charge on any atom is 0.231 e. The largest absolute Gasteiger partial charge is 0.327 e. The monoisotopic (exact) mass is 204 g/mol. The van der Waals surface area contributed by atoms with Crippen molar-refractivity contribution in [1.82, 2.24) is 9.88 Å². The van der Waals surface area contributed by atoms with Crippen molar-refractivity contribution < 1.29 is 9.59 Å². The zero-order valence-corrected chi connectivity index (χ0v) is 8.51. The van der Waals surface area contributed by atoms with Crippen molar-refractivity contribution in [3.8, 4) is 0 Å². The molecule has 0 aromatic carbocycles. The van der Waals surface area contributed by atoms with E-state index < -0.39 is 0 Å². The topological polar surface area (TPSA) is 50.3 Å². The van der Waals surface area contributed by atoms with Crippen molar-refractivity contribution in [3.05, 3.63) is 30.1 Å². The Morgan fingerprint density at radius 2 is 2.20 bits per heavy atom. The summed E-state index contributed by atoms with van der Waals surface area (Å²) in [6.07, 6.45) is 1.73. The zero-order valence-electron chi connectivity index (χ0n) is 8.51. The Hall–Kier alpha value is -1.71. The number of amides is 1. The molecule has 1 fully saturated rings. The molecule has 0 bridgehead atoms. The third-order valence-corrected chi connectivity index (χ3v) is 2.60. The molecule has 1 aliphatic heterocycles. The molecule has 1 saturated heterocycles. The second-order valence-corrected chi connectivity index (χ2v) is 3.67. The van der Waals surface area contributed by atoms with E-state index in [2.05, 4.69) is 4.98 Å². The van der Waals surface area contributed by atoms with Gasteiger partial charge in [-0.1, -0.05) is 6.07 Å². The molecule has 78 valence electrons. The smallest absolute Gasteiger partial charge is 0.231 e. The quantitative estimate of drug-likeness (QED) is 0.674. The Labute approximate surface area is 87.9 Å². The highest BCUT2D eigenvalue weighted by Crippen LogP contribution is 2.22. The maximum absolute atomic E-state index is 11.5. The Kier molecular flexibility index (Phi) is 2.49. The number of aromatic nitrogens is 1. The molecule has 2 heterocycles. The minimum absolute atomic E-state index is 0.0113. The number of Topliss-reactive ketones (excluding diaryl/α,β-unsaturated/α-hetero) is 1. The van der Waals surface area contributed by atoms with Gasteiger partial charge in [0.15, 0.2) is 5.78 Å². The Morgan fingerprint density at radius 1 is 1.40 bits per heavy atom. The number of likely N-dealkylation sites (tertiary alicyclic amines) is 1. The summed E-state index contributed by atoms with van der Waals surface area (Å²) in [5, 5.41) is 0. The van der Waals surface area contributed by atoms with Crippen LogP contribution in [-0.2, 0) is 9.59 Å². The van der Waals surface area contributed by atoms with Gasteiger partial charge in [-0.15, -0.1) is 0 Å². The molecule has 0 radical (unpaired) electrons. The van der Waals surface area contributed by atoms with Crippen molar-refractivity contribution >= 4 is 11.7 Å². The number of nitrogens with zero attached hydrogens (tertiary/aromatic N) is 2. The van der Waals surface area contributed by atoms with E-state index in [1.165, 1.54) is 0 Å². The van der Waals surface area contributed by atoms with E-state index in [4.69, 9.17) is 0 Å². The molecule has 1 aromatic heterocycles. The SMILES string of the molecule is C[C@@H](c1ccccn1)N1CC(=O)CC1=O. The molecule has 1 amide bonds. The standard InChI is InChI=1S/C11H12N2O2/c1-8(10-4-2-3-5-12-10)13-7-9(14)6-11(13)15/h2-5,8H,6-7H2,1H3/t8-/m0/s1. The number of pyridine rings is 1. The molecule has 1 aromatic rings. The highest BCUT2D eigenvalue weighted by atomic mass is 16.2. The normalized spacial score (nSPS) is 18.3. The van der Waals surface area contributed by atoms with Gasteiger partial charge in [-0.05, 0) is 19.1 Å². The van der Waals surface area contributed by atoms with E-state index >= 15 is 0 Å². The number of carbonyl (C=O) groups excluding carboxylic acids is 2. The van der Waals surface area contributed by atoms with E-state index in [-0.39, 0.29) is 30.7 Å². The molecule has 4 nitrogen and oxygen atoms in total. The number of ketones is 1. The van der Waals surface area contributed by atoms with E-state index in [9.17, 15) is 9.59 Å². The highest BCUT2D eigenvalue weighted by Gasteiger charge is 2.31. The Balaban J connectivity index is 2.18. The number of rotatable bonds is 2. The lowest BCUT2D eigenvalue weighted by Gasteiger charge is -2.22. The fraction of sp³-hybridized carbons (Fsp3) is 0.364. The number of hydrogen-bond donors (Lipinski definition) is 0. The van der Waals surface area contributed by atoms with Crippen molar-refractivity contribution in [2.24, 2.45) is 0 Å². The molecule has 2 rings (SSSR count). The van der Waals surface area contributed by atoms with Crippen LogP contribution >= 0.6 is 0 Å². The molecule has 0 aliphatic carbocycles. The van der Waals surface area contributed by atoms with E-state index in [1.807, 2.05) is 25.1 Å². The average Bonchev–Trinajstić information content (AvgIpc) is 2.58. The number of carbonyl (C=O) groups is 2. The van der Waals surface area contributed by atoms with Gasteiger partial charge in [0.1, 0.15) is 0 Å². The molecule has 1 aliphatic rings. The first-order valence-corrected chi connectivity index (χ1v) is 4.90. The van der Waals surface area contributed by atoms with Crippen molar-refractivity contribution in [1.29, 1.82) is 0 Å². The number of hydrogen-bond acceptors (Lipinski definition) is 3. The van der Waals surface area contributed by atoms with Crippen LogP contribution < -0.4 is 0 Å². The predicted octanol–water partition coefficient (Wildman–Crippen LogP) is 0.944. The fourth-order valence-electron chi connectivity index (χ4n) is 1.74. The van der Waals surface area contributed by atoms with Gasteiger partial charge in [0.25, 0.3) is 0 Å². The van der Waals surface area contributed by atoms with Gasteiger partial charge in [0.2, 0.25) is 5.91 Å². The van der Waals surface area contributed by atoms with Gasteiger partial charge in [-0.25, -0.2) is 0 Å². The molecule has 0 unspecified atom stereocenters. The second kappa shape index (κ2) is 3.81. The van der Waals surface area contributed by atoms with Crippen LogP contribution in [0.3, 0.4) is 0 Å². The summed E-state index contributed by atoms with van der Waals surface area (Å²) in [4.78, 5) is 28.3. The van der Waals surface area contributed by atoms with Gasteiger partial charge in [-0.3, -0.25) is 14.6 Å². The summed E-state index contributed by atoms with van der Waals surface area (Å²) in [5.74, 6) is -0.110. The maximum atomic E-state index is 11.5. The summed E-state index contributed by atoms with van der Waals surface area (Å²) >= 11 is 0. The van der Waals surface area contributed by atoms with Crippen LogP contribution in [0.1, 0.15) is 25.1 Å². The molecular weight excluding hydrogens is 192 g/mol. The predicted molar refractivity (Wildman–Crippen MR) is 54.0 cm³/mol. The van der Waals surface area contributed by atoms with Gasteiger partial charge >= 0.3 is 0 Å². The fourth-order valence-corrected chi connectivity index (χ4v) is 1.74. The van der Waals surface area contributed by atoms with E-state index in [1.54, 1.807) is 11.1 Å². The van der Waals surface area contributed by atoms with Crippen molar-refractivity contribution in [2.75, 3.05) is 6.54 Å². The van der Waals surface area contributed by atoms with E-state index in [0.717, 1.165) is 5.69 Å². The first-order valence-electron chi connectivity index (χ1n) is 4.90. The van der Waals surface area contributed by atoms with Gasteiger partial charge in [0.05, 0.1) is 24.7 Å². The van der Waals surface area contributed by atoms with E-state index in [0.29, 0.717) is 0 Å². The Morgan fingerprint density at radius 3 is 2.73 bits per heavy atom. The van der Waals surface area contributed by atoms with Gasteiger partial charge in [-0.2, -0.15) is 0 Å². The summed E-state index contributed by atoms with van der Waals surface area (Å²) in [6, 6.07) is 5.44. The minimum atomic E-state index is -0.120. The first-order chi connectivity index (χ1) is 7.18. The van der Waals surface area contributed by atoms with Crippen molar-refractivity contribution in [2.45, 2.75) is 19.4 Å². The summed E-state index contributed by atoms with van der Waals surface area (Å²) < 4.78 is 0. The van der Waals surface area contributed by atoms with Crippen LogP contribution in [0.25, 0.3) is 0 Å². The van der Waals surface area contributed by atoms with Gasteiger partial charge in [0, 0.05) is 6.20 Å². The van der Waals surface area contributed by atoms with Crippen LogP contribution in [0, 0.1) is 0 Å². The molecule has 0 N–H and O–H groups in total. The highest BCUT2D eigenvalue weighted by molar-refractivity contribution is 6.05. The van der Waals surface area contributed by atoms with Crippen LogP contribution in [0.15, 0.2) is 24.4 Å². The third kappa shape index (κ3) is 1.88. The lowest BCUT2D eigenvalue weighted by atomic mass is 10.2. The van der Waals surface area contributed by atoms with Gasteiger partial charge < -0.3 is 4.90 Å². The van der Waals surface area contributed by atoms with Crippen LogP contribution in [0.5, 0.6) is 0 Å². The lowest BCUT2D eigenvalue weighted by molar-refractivity contribution is -0.129. The molecule has 0 saturated carbocycles. The summed E-state index contributed by atoms with van der Waals surface area (Å²) in [7, 11) is 0. The molecular formula is C11H12N2O2. The average molecular weight is 204 g/mol.